The van der Waals surface area contributed by atoms with Gasteiger partial charge in [-0.15, -0.1) is 0 Å². The number of pyridine rings is 1. The van der Waals surface area contributed by atoms with Gasteiger partial charge in [-0.3, -0.25) is 14.6 Å². The number of fused-ring (bicyclic) bond motifs is 2. The van der Waals surface area contributed by atoms with Gasteiger partial charge in [0.2, 0.25) is 0 Å². The van der Waals surface area contributed by atoms with Crippen LogP contribution in [0.5, 0.6) is 0 Å². The summed E-state index contributed by atoms with van der Waals surface area (Å²) in [4.78, 5) is 31.5. The molecule has 3 heterocycles. The fraction of sp³-hybridized carbons (Fsp3) is 0.381. The minimum absolute atomic E-state index is 0.0262. The molecule has 2 bridgehead atoms. The van der Waals surface area contributed by atoms with E-state index in [0.717, 1.165) is 31.4 Å². The van der Waals surface area contributed by atoms with Gasteiger partial charge in [0.25, 0.3) is 11.8 Å². The third-order valence-electron chi connectivity index (χ3n) is 5.57. The number of halogens is 1. The summed E-state index contributed by atoms with van der Waals surface area (Å²) in [5, 5.41) is 3.05. The molecule has 0 saturated carbocycles. The van der Waals surface area contributed by atoms with Gasteiger partial charge in [-0.1, -0.05) is 0 Å². The minimum atomic E-state index is -0.359. The highest BCUT2D eigenvalue weighted by molar-refractivity contribution is 5.95. The summed E-state index contributed by atoms with van der Waals surface area (Å²) < 4.78 is 13.0. The van der Waals surface area contributed by atoms with Crippen LogP contribution in [-0.2, 0) is 0 Å². The van der Waals surface area contributed by atoms with Crippen LogP contribution in [0.4, 0.5) is 4.39 Å². The second-order valence-electron chi connectivity index (χ2n) is 7.43. The Hall–Kier alpha value is -2.76. The lowest BCUT2D eigenvalue weighted by Crippen LogP contribution is -2.52. The molecule has 6 heteroatoms. The summed E-state index contributed by atoms with van der Waals surface area (Å²) >= 11 is 0. The number of rotatable bonds is 3. The number of aryl methyl sites for hydroxylation is 1. The fourth-order valence-corrected chi connectivity index (χ4v) is 4.24. The van der Waals surface area contributed by atoms with E-state index < -0.39 is 0 Å². The molecule has 2 fully saturated rings. The van der Waals surface area contributed by atoms with E-state index in [9.17, 15) is 14.0 Å². The van der Waals surface area contributed by atoms with Crippen LogP contribution >= 0.6 is 0 Å². The Morgan fingerprint density at radius 2 is 1.67 bits per heavy atom. The third kappa shape index (κ3) is 3.56. The molecule has 1 N–H and O–H groups in total. The summed E-state index contributed by atoms with van der Waals surface area (Å²) in [6.07, 6.45) is 5.04. The first-order valence-electron chi connectivity index (χ1n) is 9.33. The standard InChI is InChI=1S/C21H22FN3O2/c1-13-2-3-15(12-23-13)21(27)25-18-8-9-19(25)11-17(10-18)24-20(26)14-4-6-16(22)7-5-14/h2-7,12,17-19H,8-11H2,1H3,(H,24,26)/t17?,18-,19+. The number of piperidine rings is 1. The van der Waals surface area contributed by atoms with Gasteiger partial charge in [0.1, 0.15) is 5.82 Å². The second kappa shape index (κ2) is 7.10. The number of carbonyl (C=O) groups is 2. The van der Waals surface area contributed by atoms with E-state index in [1.54, 1.807) is 6.20 Å². The van der Waals surface area contributed by atoms with Crippen LogP contribution in [0.3, 0.4) is 0 Å². The zero-order valence-electron chi connectivity index (χ0n) is 15.2. The third-order valence-corrected chi connectivity index (χ3v) is 5.57. The maximum absolute atomic E-state index is 13.0. The molecule has 4 rings (SSSR count). The molecule has 0 radical (unpaired) electrons. The molecule has 1 aromatic carbocycles. The van der Waals surface area contributed by atoms with Gasteiger partial charge in [0.05, 0.1) is 5.56 Å². The number of nitrogens with zero attached hydrogens (tertiary/aromatic N) is 2. The Balaban J connectivity index is 1.42. The molecule has 1 aromatic heterocycles. The Labute approximate surface area is 157 Å². The number of benzene rings is 1. The van der Waals surface area contributed by atoms with Crippen LogP contribution in [0.2, 0.25) is 0 Å². The van der Waals surface area contributed by atoms with Crippen molar-refractivity contribution in [3.05, 3.63) is 65.2 Å². The zero-order valence-corrected chi connectivity index (χ0v) is 15.2. The molecule has 140 valence electrons. The molecule has 1 unspecified atom stereocenters. The molecular formula is C21H22FN3O2. The largest absolute Gasteiger partial charge is 0.349 e. The average molecular weight is 367 g/mol. The molecule has 0 spiro atoms. The summed E-state index contributed by atoms with van der Waals surface area (Å²) in [5.41, 5.74) is 1.95. The van der Waals surface area contributed by atoms with Gasteiger partial charge >= 0.3 is 0 Å². The maximum Gasteiger partial charge on any atom is 0.255 e. The van der Waals surface area contributed by atoms with Crippen LogP contribution in [0, 0.1) is 12.7 Å². The molecular weight excluding hydrogens is 345 g/mol. The summed E-state index contributed by atoms with van der Waals surface area (Å²) in [6, 6.07) is 9.53. The van der Waals surface area contributed by atoms with Crippen molar-refractivity contribution in [1.82, 2.24) is 15.2 Å². The lowest BCUT2D eigenvalue weighted by Gasteiger charge is -2.39. The van der Waals surface area contributed by atoms with Crippen LogP contribution in [0.25, 0.3) is 0 Å². The monoisotopic (exact) mass is 367 g/mol. The number of hydrogen-bond donors (Lipinski definition) is 1. The first-order valence-corrected chi connectivity index (χ1v) is 9.33. The first kappa shape index (κ1) is 17.6. The summed E-state index contributed by atoms with van der Waals surface area (Å²) in [6.45, 7) is 1.90. The highest BCUT2D eigenvalue weighted by Crippen LogP contribution is 2.36. The lowest BCUT2D eigenvalue weighted by molar-refractivity contribution is 0.0549. The Kier molecular flexibility index (Phi) is 4.64. The first-order chi connectivity index (χ1) is 13.0. The van der Waals surface area contributed by atoms with E-state index in [1.807, 2.05) is 24.0 Å². The molecule has 5 nitrogen and oxygen atoms in total. The number of aromatic nitrogens is 1. The van der Waals surface area contributed by atoms with Gasteiger partial charge < -0.3 is 10.2 Å². The lowest BCUT2D eigenvalue weighted by atomic mass is 9.96. The number of hydrogen-bond acceptors (Lipinski definition) is 3. The van der Waals surface area contributed by atoms with Gasteiger partial charge in [-0.2, -0.15) is 0 Å². The van der Waals surface area contributed by atoms with Crippen LogP contribution in [0.15, 0.2) is 42.6 Å². The van der Waals surface area contributed by atoms with Crippen molar-refractivity contribution in [1.29, 1.82) is 0 Å². The predicted molar refractivity (Wildman–Crippen MR) is 98.8 cm³/mol. The SMILES string of the molecule is Cc1ccc(C(=O)N2[C@@H]3CC[C@H]2CC(NC(=O)c2ccc(F)cc2)C3)cn1. The molecule has 2 amide bonds. The van der Waals surface area contributed by atoms with Crippen molar-refractivity contribution in [2.24, 2.45) is 0 Å². The summed E-state index contributed by atoms with van der Waals surface area (Å²) in [7, 11) is 0. The average Bonchev–Trinajstić information content (AvgIpc) is 2.93. The Morgan fingerprint density at radius 1 is 1.04 bits per heavy atom. The van der Waals surface area contributed by atoms with E-state index in [2.05, 4.69) is 10.3 Å². The topological polar surface area (TPSA) is 62.3 Å². The Bertz CT molecular complexity index is 837. The molecule has 2 saturated heterocycles. The van der Waals surface area contributed by atoms with Crippen molar-refractivity contribution in [2.45, 2.75) is 50.7 Å². The van der Waals surface area contributed by atoms with Crippen LogP contribution in [-0.4, -0.2) is 39.8 Å². The number of nitrogens with one attached hydrogen (secondary N) is 1. The van der Waals surface area contributed by atoms with Crippen LogP contribution < -0.4 is 5.32 Å². The van der Waals surface area contributed by atoms with Crippen LogP contribution in [0.1, 0.15) is 52.1 Å². The Morgan fingerprint density at radius 3 is 2.26 bits per heavy atom. The minimum Gasteiger partial charge on any atom is -0.349 e. The molecule has 3 atom stereocenters. The van der Waals surface area contributed by atoms with Gasteiger partial charge in [0, 0.05) is 35.6 Å². The summed E-state index contributed by atoms with van der Waals surface area (Å²) in [5.74, 6) is -0.526. The second-order valence-corrected chi connectivity index (χ2v) is 7.43. The highest BCUT2D eigenvalue weighted by atomic mass is 19.1. The number of amides is 2. The van der Waals surface area contributed by atoms with E-state index in [0.29, 0.717) is 11.1 Å². The van der Waals surface area contributed by atoms with E-state index >= 15 is 0 Å². The van der Waals surface area contributed by atoms with E-state index in [-0.39, 0.29) is 35.8 Å². The van der Waals surface area contributed by atoms with Crippen molar-refractivity contribution in [3.63, 3.8) is 0 Å². The van der Waals surface area contributed by atoms with E-state index in [4.69, 9.17) is 0 Å². The quantitative estimate of drug-likeness (QED) is 0.907. The molecule has 2 aliphatic rings. The van der Waals surface area contributed by atoms with Gasteiger partial charge in [-0.25, -0.2) is 4.39 Å². The molecule has 2 aromatic rings. The smallest absolute Gasteiger partial charge is 0.255 e. The molecule has 2 aliphatic heterocycles. The fourth-order valence-electron chi connectivity index (χ4n) is 4.24. The van der Waals surface area contributed by atoms with E-state index in [1.165, 1.54) is 24.3 Å². The van der Waals surface area contributed by atoms with Crippen molar-refractivity contribution in [2.75, 3.05) is 0 Å². The van der Waals surface area contributed by atoms with Gasteiger partial charge in [0.15, 0.2) is 0 Å². The van der Waals surface area contributed by atoms with Gasteiger partial charge in [-0.05, 0) is 69.0 Å². The zero-order chi connectivity index (χ0) is 19.0. The number of carbonyl (C=O) groups excluding carboxylic acids is 2. The van der Waals surface area contributed by atoms with Crippen molar-refractivity contribution in [3.8, 4) is 0 Å². The normalized spacial score (nSPS) is 23.9. The predicted octanol–water partition coefficient (Wildman–Crippen LogP) is 3.09. The molecule has 27 heavy (non-hydrogen) atoms. The van der Waals surface area contributed by atoms with Crippen molar-refractivity contribution < 1.29 is 14.0 Å². The molecule has 0 aliphatic carbocycles. The highest BCUT2D eigenvalue weighted by Gasteiger charge is 2.43. The van der Waals surface area contributed by atoms with Crippen molar-refractivity contribution >= 4 is 11.8 Å². The maximum atomic E-state index is 13.0.